The molecule has 0 fully saturated rings. The Bertz CT molecular complexity index is 1470. The van der Waals surface area contributed by atoms with E-state index in [1.807, 2.05) is 54.6 Å². The van der Waals surface area contributed by atoms with Crippen LogP contribution < -0.4 is 20.2 Å². The number of hydrazone groups is 1. The van der Waals surface area contributed by atoms with Gasteiger partial charge in [0.15, 0.2) is 11.5 Å². The number of amides is 2. The average molecular weight is 685 g/mol. The third-order valence-electron chi connectivity index (χ3n) is 5.74. The number of hydrogen-bond acceptors (Lipinski definition) is 7. The van der Waals surface area contributed by atoms with Crippen molar-refractivity contribution < 1.29 is 23.8 Å². The third kappa shape index (κ3) is 9.19. The molecule has 212 valence electrons. The van der Waals surface area contributed by atoms with Gasteiger partial charge < -0.3 is 24.5 Å². The van der Waals surface area contributed by atoms with Crippen LogP contribution in [0.2, 0.25) is 0 Å². The van der Waals surface area contributed by atoms with Gasteiger partial charge in [-0.15, -0.1) is 0 Å². The van der Waals surface area contributed by atoms with Crippen LogP contribution in [0.4, 0.5) is 4.79 Å². The molecule has 3 aromatic carbocycles. The van der Waals surface area contributed by atoms with Crippen molar-refractivity contribution in [3.63, 3.8) is 0 Å². The van der Waals surface area contributed by atoms with E-state index >= 15 is 0 Å². The monoisotopic (exact) mass is 683 g/mol. The van der Waals surface area contributed by atoms with Crippen molar-refractivity contribution in [3.8, 4) is 11.5 Å². The molecule has 0 bridgehead atoms. The second-order valence-corrected chi connectivity index (χ2v) is 10.5. The second-order valence-electron chi connectivity index (χ2n) is 8.72. The SMILES string of the molecule is COc1cc(/C=N\NC(=O)[C@H](Cc2cnc[nH]2)NC(=O)OCc2ccccc2)cc(Br)c1OCc1ccc(Br)cc1. The molecule has 0 spiro atoms. The fourth-order valence-corrected chi connectivity index (χ4v) is 4.51. The van der Waals surface area contributed by atoms with E-state index in [4.69, 9.17) is 14.2 Å². The molecule has 0 unspecified atom stereocenters. The van der Waals surface area contributed by atoms with Gasteiger partial charge in [0.05, 0.1) is 24.1 Å². The zero-order chi connectivity index (χ0) is 29.0. The fraction of sp³-hybridized carbons (Fsp3) is 0.172. The van der Waals surface area contributed by atoms with E-state index in [0.717, 1.165) is 15.6 Å². The molecular formula is C29H27Br2N5O5. The van der Waals surface area contributed by atoms with Crippen molar-refractivity contribution in [2.45, 2.75) is 25.7 Å². The number of H-pyrrole nitrogens is 1. The zero-order valence-electron chi connectivity index (χ0n) is 22.0. The summed E-state index contributed by atoms with van der Waals surface area (Å²) in [5, 5.41) is 6.67. The third-order valence-corrected chi connectivity index (χ3v) is 6.85. The Hall–Kier alpha value is -4.16. The molecule has 1 aromatic heterocycles. The van der Waals surface area contributed by atoms with Gasteiger partial charge in [0.2, 0.25) is 0 Å². The smallest absolute Gasteiger partial charge is 0.408 e. The van der Waals surface area contributed by atoms with Crippen LogP contribution in [0.15, 0.2) is 93.3 Å². The van der Waals surface area contributed by atoms with Gasteiger partial charge >= 0.3 is 6.09 Å². The number of rotatable bonds is 12. The predicted molar refractivity (Wildman–Crippen MR) is 161 cm³/mol. The fourth-order valence-electron chi connectivity index (χ4n) is 3.67. The minimum absolute atomic E-state index is 0.0722. The van der Waals surface area contributed by atoms with Crippen molar-refractivity contribution in [1.29, 1.82) is 0 Å². The molecule has 4 aromatic rings. The van der Waals surface area contributed by atoms with Gasteiger partial charge in [-0.05, 0) is 56.9 Å². The molecule has 1 atom stereocenters. The van der Waals surface area contributed by atoms with E-state index in [0.29, 0.717) is 33.8 Å². The molecular weight excluding hydrogens is 658 g/mol. The normalized spacial score (nSPS) is 11.6. The molecule has 10 nitrogen and oxygen atoms in total. The summed E-state index contributed by atoms with van der Waals surface area (Å²) < 4.78 is 18.4. The van der Waals surface area contributed by atoms with Crippen LogP contribution in [0.3, 0.4) is 0 Å². The lowest BCUT2D eigenvalue weighted by atomic mass is 10.1. The number of aromatic amines is 1. The Morgan fingerprint density at radius 1 is 1.05 bits per heavy atom. The quantitative estimate of drug-likeness (QED) is 0.133. The Morgan fingerprint density at radius 3 is 2.51 bits per heavy atom. The number of carbonyl (C=O) groups excluding carboxylic acids is 2. The van der Waals surface area contributed by atoms with Crippen LogP contribution in [0.1, 0.15) is 22.4 Å². The number of hydrogen-bond donors (Lipinski definition) is 3. The molecule has 0 aliphatic heterocycles. The highest BCUT2D eigenvalue weighted by Gasteiger charge is 2.22. The maximum Gasteiger partial charge on any atom is 0.408 e. The Balaban J connectivity index is 1.38. The summed E-state index contributed by atoms with van der Waals surface area (Å²) in [5.74, 6) is 0.492. The number of benzene rings is 3. The van der Waals surface area contributed by atoms with E-state index in [-0.39, 0.29) is 13.0 Å². The molecule has 1 heterocycles. The minimum atomic E-state index is -0.966. The van der Waals surface area contributed by atoms with Crippen LogP contribution >= 0.6 is 31.9 Å². The van der Waals surface area contributed by atoms with Gasteiger partial charge in [-0.1, -0.05) is 58.4 Å². The molecule has 0 aliphatic rings. The van der Waals surface area contributed by atoms with Crippen molar-refractivity contribution in [3.05, 3.63) is 111 Å². The summed E-state index contributed by atoms with van der Waals surface area (Å²) >= 11 is 6.95. The molecule has 3 N–H and O–H groups in total. The Morgan fingerprint density at radius 2 is 1.80 bits per heavy atom. The molecule has 12 heteroatoms. The lowest BCUT2D eigenvalue weighted by Gasteiger charge is -2.16. The van der Waals surface area contributed by atoms with Gasteiger partial charge in [-0.3, -0.25) is 4.79 Å². The first-order chi connectivity index (χ1) is 19.9. The lowest BCUT2D eigenvalue weighted by molar-refractivity contribution is -0.123. The number of ether oxygens (including phenoxy) is 3. The average Bonchev–Trinajstić information content (AvgIpc) is 3.49. The van der Waals surface area contributed by atoms with E-state index in [2.05, 4.69) is 57.7 Å². The lowest BCUT2D eigenvalue weighted by Crippen LogP contribution is -2.47. The molecule has 0 saturated carbocycles. The first kappa shape index (κ1) is 29.8. The summed E-state index contributed by atoms with van der Waals surface area (Å²) in [6.07, 6.45) is 3.96. The number of alkyl carbamates (subject to hydrolysis) is 1. The summed E-state index contributed by atoms with van der Waals surface area (Å²) in [4.78, 5) is 32.3. The van der Waals surface area contributed by atoms with Crippen LogP contribution in [0.5, 0.6) is 11.5 Å². The second kappa shape index (κ2) is 15.0. The number of carbonyl (C=O) groups is 2. The highest BCUT2D eigenvalue weighted by atomic mass is 79.9. The number of imidazole rings is 1. The predicted octanol–water partition coefficient (Wildman–Crippen LogP) is 5.51. The van der Waals surface area contributed by atoms with Crippen LogP contribution in [-0.4, -0.2) is 41.3 Å². The van der Waals surface area contributed by atoms with E-state index < -0.39 is 18.0 Å². The summed E-state index contributed by atoms with van der Waals surface area (Å²) in [5.41, 5.74) is 5.61. The maximum absolute atomic E-state index is 13.0. The van der Waals surface area contributed by atoms with E-state index in [1.165, 1.54) is 12.5 Å². The Kier molecular flexibility index (Phi) is 10.9. The molecule has 0 radical (unpaired) electrons. The van der Waals surface area contributed by atoms with Gasteiger partial charge in [0.1, 0.15) is 19.3 Å². The molecule has 2 amide bonds. The van der Waals surface area contributed by atoms with Crippen LogP contribution in [-0.2, 0) is 29.2 Å². The van der Waals surface area contributed by atoms with Gasteiger partial charge in [-0.2, -0.15) is 5.10 Å². The standard InChI is InChI=1S/C29H27Br2N5O5/c1-39-26-12-21(11-24(31)27(26)40-16-20-7-9-22(30)10-8-20)14-34-36-28(37)25(13-23-15-32-18-33-23)35-29(38)41-17-19-5-3-2-4-6-19/h2-12,14-15,18,25H,13,16-17H2,1H3,(H,32,33)(H,35,38)(H,36,37)/b34-14-/t25-/m0/s1. The largest absolute Gasteiger partial charge is 0.493 e. The number of aromatic nitrogens is 2. The number of halogens is 2. The number of nitrogens with one attached hydrogen (secondary N) is 3. The number of methoxy groups -OCH3 is 1. The van der Waals surface area contributed by atoms with E-state index in [1.54, 1.807) is 25.4 Å². The summed E-state index contributed by atoms with van der Waals surface area (Å²) in [6.45, 7) is 0.424. The molecule has 41 heavy (non-hydrogen) atoms. The molecule has 4 rings (SSSR count). The van der Waals surface area contributed by atoms with Crippen molar-refractivity contribution >= 4 is 50.1 Å². The first-order valence-corrected chi connectivity index (χ1v) is 14.0. The number of nitrogens with zero attached hydrogens (tertiary/aromatic N) is 2. The van der Waals surface area contributed by atoms with Gasteiger partial charge in [-0.25, -0.2) is 15.2 Å². The highest BCUT2D eigenvalue weighted by molar-refractivity contribution is 9.10. The summed E-state index contributed by atoms with van der Waals surface area (Å²) in [7, 11) is 1.54. The topological polar surface area (TPSA) is 127 Å². The summed E-state index contributed by atoms with van der Waals surface area (Å²) in [6, 6.07) is 19.6. The van der Waals surface area contributed by atoms with Crippen molar-refractivity contribution in [1.82, 2.24) is 20.7 Å². The first-order valence-electron chi connectivity index (χ1n) is 12.4. The van der Waals surface area contributed by atoms with Gasteiger partial charge in [0, 0.05) is 22.8 Å². The molecule has 0 aliphatic carbocycles. The zero-order valence-corrected chi connectivity index (χ0v) is 25.1. The highest BCUT2D eigenvalue weighted by Crippen LogP contribution is 2.37. The van der Waals surface area contributed by atoms with Crippen molar-refractivity contribution in [2.75, 3.05) is 7.11 Å². The van der Waals surface area contributed by atoms with E-state index in [9.17, 15) is 9.59 Å². The van der Waals surface area contributed by atoms with Gasteiger partial charge in [0.25, 0.3) is 5.91 Å². The van der Waals surface area contributed by atoms with Crippen LogP contribution in [0, 0.1) is 0 Å². The Labute approximate surface area is 253 Å². The van der Waals surface area contributed by atoms with Crippen molar-refractivity contribution in [2.24, 2.45) is 5.10 Å². The molecule has 0 saturated heterocycles. The van der Waals surface area contributed by atoms with Crippen LogP contribution in [0.25, 0.3) is 0 Å². The minimum Gasteiger partial charge on any atom is -0.493 e. The maximum atomic E-state index is 13.0.